The number of nitrogens with zero attached hydrogens (tertiary/aromatic N) is 2. The zero-order valence-corrected chi connectivity index (χ0v) is 10.2. The van der Waals surface area contributed by atoms with Crippen LogP contribution in [0.5, 0.6) is 5.75 Å². The smallest absolute Gasteiger partial charge is 0.265 e. The van der Waals surface area contributed by atoms with E-state index in [4.69, 9.17) is 10.00 Å². The van der Waals surface area contributed by atoms with E-state index in [0.717, 1.165) is 5.56 Å². The van der Waals surface area contributed by atoms with Crippen LogP contribution < -0.4 is 15.9 Å². The Kier molecular flexibility index (Phi) is 3.48. The minimum absolute atomic E-state index is 0.205. The first-order valence-electron chi connectivity index (χ1n) is 5.51. The molecule has 0 saturated heterocycles. The maximum absolute atomic E-state index is 11.6. The highest BCUT2D eigenvalue weighted by molar-refractivity contribution is 5.45. The fraction of sp³-hybridized carbons (Fsp3) is 0.154. The maximum Gasteiger partial charge on any atom is 0.265 e. The van der Waals surface area contributed by atoms with Crippen molar-refractivity contribution in [3.63, 3.8) is 0 Å². The number of hydrogen-bond donors (Lipinski definition) is 1. The summed E-state index contributed by atoms with van der Waals surface area (Å²) in [7, 11) is 1.47. The van der Waals surface area contributed by atoms with Crippen molar-refractivity contribution in [2.75, 3.05) is 7.11 Å². The standard InChI is InChI=1S/C13H11N3O3/c1-19-11-6-9(2-3-10(11)7-14)8-16-13(18)5-4-12(17)15-16/h2-6H,8H2,1H3,(H,15,17). The predicted octanol–water partition coefficient (Wildman–Crippen LogP) is 0.465. The fourth-order valence-electron chi connectivity index (χ4n) is 1.69. The topological polar surface area (TPSA) is 87.9 Å². The number of H-pyrrole nitrogens is 1. The van der Waals surface area contributed by atoms with Crippen LogP contribution >= 0.6 is 0 Å². The molecule has 1 aromatic heterocycles. The molecule has 0 spiro atoms. The van der Waals surface area contributed by atoms with Gasteiger partial charge in [0.25, 0.3) is 11.1 Å². The summed E-state index contributed by atoms with van der Waals surface area (Å²) in [4.78, 5) is 22.7. The third kappa shape index (κ3) is 2.72. The number of nitrogens with one attached hydrogen (secondary N) is 1. The van der Waals surface area contributed by atoms with E-state index in [0.29, 0.717) is 11.3 Å². The number of benzene rings is 1. The van der Waals surface area contributed by atoms with Gasteiger partial charge in [0.15, 0.2) is 0 Å². The quantitative estimate of drug-likeness (QED) is 0.865. The lowest BCUT2D eigenvalue weighted by atomic mass is 10.1. The lowest BCUT2D eigenvalue weighted by molar-refractivity contribution is 0.412. The molecule has 0 unspecified atom stereocenters. The van der Waals surface area contributed by atoms with Gasteiger partial charge in [0.2, 0.25) is 0 Å². The van der Waals surface area contributed by atoms with Crippen LogP contribution in [0.4, 0.5) is 0 Å². The molecule has 0 atom stereocenters. The van der Waals surface area contributed by atoms with Gasteiger partial charge in [0.05, 0.1) is 19.2 Å². The fourth-order valence-corrected chi connectivity index (χ4v) is 1.69. The van der Waals surface area contributed by atoms with E-state index in [-0.39, 0.29) is 17.7 Å². The summed E-state index contributed by atoms with van der Waals surface area (Å²) in [5.41, 5.74) is 0.517. The van der Waals surface area contributed by atoms with Gasteiger partial charge in [-0.3, -0.25) is 14.7 Å². The molecular formula is C13H11N3O3. The Balaban J connectivity index is 2.39. The Hall–Kier alpha value is -2.81. The van der Waals surface area contributed by atoms with Crippen molar-refractivity contribution >= 4 is 0 Å². The van der Waals surface area contributed by atoms with Crippen LogP contribution in [-0.4, -0.2) is 16.9 Å². The van der Waals surface area contributed by atoms with Gasteiger partial charge in [-0.1, -0.05) is 6.07 Å². The molecule has 0 radical (unpaired) electrons. The molecule has 2 rings (SSSR count). The Labute approximate surface area is 108 Å². The van der Waals surface area contributed by atoms with Crippen LogP contribution in [0.15, 0.2) is 39.9 Å². The average Bonchev–Trinajstić information content (AvgIpc) is 2.42. The average molecular weight is 257 g/mol. The Morgan fingerprint density at radius 1 is 1.32 bits per heavy atom. The van der Waals surface area contributed by atoms with Crippen molar-refractivity contribution in [3.8, 4) is 11.8 Å². The summed E-state index contributed by atoms with van der Waals surface area (Å²) in [6, 6.07) is 9.38. The molecule has 96 valence electrons. The van der Waals surface area contributed by atoms with Crippen molar-refractivity contribution in [3.05, 3.63) is 62.2 Å². The summed E-state index contributed by atoms with van der Waals surface area (Å²) >= 11 is 0. The van der Waals surface area contributed by atoms with E-state index in [1.165, 1.54) is 23.9 Å². The molecule has 0 aliphatic rings. The van der Waals surface area contributed by atoms with Crippen LogP contribution in [-0.2, 0) is 6.54 Å². The SMILES string of the molecule is COc1cc(Cn2[nH]c(=O)ccc2=O)ccc1C#N. The van der Waals surface area contributed by atoms with Crippen LogP contribution in [0.2, 0.25) is 0 Å². The summed E-state index contributed by atoms with van der Waals surface area (Å²) in [6.07, 6.45) is 0. The minimum atomic E-state index is -0.347. The molecule has 1 heterocycles. The van der Waals surface area contributed by atoms with Gasteiger partial charge in [0, 0.05) is 12.1 Å². The second kappa shape index (κ2) is 5.23. The predicted molar refractivity (Wildman–Crippen MR) is 68.1 cm³/mol. The van der Waals surface area contributed by atoms with Gasteiger partial charge < -0.3 is 4.74 Å². The molecule has 1 aromatic carbocycles. The largest absolute Gasteiger partial charge is 0.495 e. The molecule has 6 heteroatoms. The molecule has 1 N–H and O–H groups in total. The second-order valence-electron chi connectivity index (χ2n) is 3.88. The zero-order valence-electron chi connectivity index (χ0n) is 10.2. The summed E-state index contributed by atoms with van der Waals surface area (Å²) in [5, 5.41) is 11.3. The zero-order chi connectivity index (χ0) is 13.8. The number of hydrogen-bond acceptors (Lipinski definition) is 4. The third-order valence-electron chi connectivity index (χ3n) is 2.62. The third-order valence-corrected chi connectivity index (χ3v) is 2.62. The molecule has 0 aliphatic heterocycles. The number of aromatic nitrogens is 2. The monoisotopic (exact) mass is 257 g/mol. The Bertz CT molecular complexity index is 753. The molecule has 0 amide bonds. The maximum atomic E-state index is 11.6. The first-order chi connectivity index (χ1) is 9.13. The van der Waals surface area contributed by atoms with Gasteiger partial charge in [-0.25, -0.2) is 4.68 Å². The van der Waals surface area contributed by atoms with Crippen LogP contribution in [0, 0.1) is 11.3 Å². The molecule has 19 heavy (non-hydrogen) atoms. The number of aromatic amines is 1. The molecule has 0 aliphatic carbocycles. The van der Waals surface area contributed by atoms with Crippen molar-refractivity contribution in [1.82, 2.24) is 9.78 Å². The van der Waals surface area contributed by atoms with Gasteiger partial charge in [-0.15, -0.1) is 0 Å². The molecule has 0 bridgehead atoms. The van der Waals surface area contributed by atoms with Crippen LogP contribution in [0.1, 0.15) is 11.1 Å². The number of ether oxygens (including phenoxy) is 1. The van der Waals surface area contributed by atoms with E-state index in [1.54, 1.807) is 18.2 Å². The Morgan fingerprint density at radius 2 is 2.11 bits per heavy atom. The second-order valence-corrected chi connectivity index (χ2v) is 3.88. The lowest BCUT2D eigenvalue weighted by Crippen LogP contribution is -2.28. The van der Waals surface area contributed by atoms with Crippen LogP contribution in [0.25, 0.3) is 0 Å². The van der Waals surface area contributed by atoms with E-state index < -0.39 is 0 Å². The number of rotatable bonds is 3. The summed E-state index contributed by atoms with van der Waals surface area (Å²) in [5.74, 6) is 0.436. The van der Waals surface area contributed by atoms with Gasteiger partial charge in [-0.2, -0.15) is 5.26 Å². The molecule has 0 fully saturated rings. The summed E-state index contributed by atoms with van der Waals surface area (Å²) in [6.45, 7) is 0.205. The van der Waals surface area contributed by atoms with E-state index in [2.05, 4.69) is 5.10 Å². The van der Waals surface area contributed by atoms with Crippen molar-refractivity contribution in [2.24, 2.45) is 0 Å². The normalized spacial score (nSPS) is 9.89. The molecule has 0 saturated carbocycles. The van der Waals surface area contributed by atoms with Crippen molar-refractivity contribution in [2.45, 2.75) is 6.54 Å². The highest BCUT2D eigenvalue weighted by Crippen LogP contribution is 2.19. The van der Waals surface area contributed by atoms with Crippen molar-refractivity contribution < 1.29 is 4.74 Å². The number of methoxy groups -OCH3 is 1. The first kappa shape index (κ1) is 12.6. The highest BCUT2D eigenvalue weighted by atomic mass is 16.5. The summed E-state index contributed by atoms with van der Waals surface area (Å²) < 4.78 is 6.28. The van der Waals surface area contributed by atoms with Crippen LogP contribution in [0.3, 0.4) is 0 Å². The number of nitriles is 1. The highest BCUT2D eigenvalue weighted by Gasteiger charge is 2.05. The van der Waals surface area contributed by atoms with E-state index >= 15 is 0 Å². The molecule has 6 nitrogen and oxygen atoms in total. The van der Waals surface area contributed by atoms with Gasteiger partial charge >= 0.3 is 0 Å². The molecule has 2 aromatic rings. The van der Waals surface area contributed by atoms with E-state index in [1.807, 2.05) is 6.07 Å². The van der Waals surface area contributed by atoms with Gasteiger partial charge in [0.1, 0.15) is 11.8 Å². The van der Waals surface area contributed by atoms with E-state index in [9.17, 15) is 9.59 Å². The lowest BCUT2D eigenvalue weighted by Gasteiger charge is -2.08. The minimum Gasteiger partial charge on any atom is -0.495 e. The molecular weight excluding hydrogens is 246 g/mol. The van der Waals surface area contributed by atoms with Crippen molar-refractivity contribution in [1.29, 1.82) is 5.26 Å². The first-order valence-corrected chi connectivity index (χ1v) is 5.51. The Morgan fingerprint density at radius 3 is 2.79 bits per heavy atom. The van der Waals surface area contributed by atoms with Gasteiger partial charge in [-0.05, 0) is 17.7 Å².